The summed E-state index contributed by atoms with van der Waals surface area (Å²) in [7, 11) is 0. The van der Waals surface area contributed by atoms with Crippen LogP contribution in [-0.4, -0.2) is 57.0 Å². The Bertz CT molecular complexity index is 209. The molecule has 0 aromatic heterocycles. The number of carboxylic acids is 1. The average Bonchev–Trinajstić information content (AvgIpc) is 2.07. The van der Waals surface area contributed by atoms with Crippen LogP contribution < -0.4 is 5.73 Å². The van der Waals surface area contributed by atoms with E-state index in [1.807, 2.05) is 0 Å². The number of rotatable bonds is 1. The largest absolute Gasteiger partial charge is 0.479 e. The maximum absolute atomic E-state index is 10.4. The molecule has 6 N–H and O–H groups in total. The molecule has 1 aliphatic rings. The van der Waals surface area contributed by atoms with Crippen molar-refractivity contribution in [3.05, 3.63) is 0 Å². The number of ether oxygens (including phenoxy) is 1. The maximum atomic E-state index is 10.4. The lowest BCUT2D eigenvalue weighted by molar-refractivity contribution is -0.226. The van der Waals surface area contributed by atoms with E-state index in [0.29, 0.717) is 0 Å². The Morgan fingerprint density at radius 2 is 1.69 bits per heavy atom. The predicted molar refractivity (Wildman–Crippen MR) is 38.5 cm³/mol. The van der Waals surface area contributed by atoms with Crippen molar-refractivity contribution >= 4 is 5.97 Å². The number of carboxylic acid groups (broad SMARTS) is 1. The van der Waals surface area contributed by atoms with Crippen molar-refractivity contribution in [3.63, 3.8) is 0 Å². The molecule has 0 saturated carbocycles. The molecule has 1 fully saturated rings. The molecule has 0 spiro atoms. The second-order valence-corrected chi connectivity index (χ2v) is 2.83. The Morgan fingerprint density at radius 3 is 2.15 bits per heavy atom. The molecule has 5 atom stereocenters. The number of nitrogens with two attached hydrogens (primary N) is 1. The summed E-state index contributed by atoms with van der Waals surface area (Å²) in [4.78, 5) is 10.4. The van der Waals surface area contributed by atoms with Crippen molar-refractivity contribution in [1.29, 1.82) is 0 Å². The monoisotopic (exact) mass is 193 g/mol. The zero-order valence-electron chi connectivity index (χ0n) is 6.57. The zero-order chi connectivity index (χ0) is 10.2. The molecule has 0 bridgehead atoms. The number of carbonyl (C=O) groups is 1. The van der Waals surface area contributed by atoms with Gasteiger partial charge < -0.3 is 30.9 Å². The maximum Gasteiger partial charge on any atom is 0.335 e. The molecule has 1 heterocycles. The van der Waals surface area contributed by atoms with Gasteiger partial charge in [0.15, 0.2) is 6.10 Å². The van der Waals surface area contributed by atoms with Crippen molar-refractivity contribution in [2.45, 2.75) is 30.6 Å². The number of aliphatic carboxylic acids is 1. The van der Waals surface area contributed by atoms with E-state index >= 15 is 0 Å². The number of aliphatic hydroxyl groups excluding tert-OH is 3. The highest BCUT2D eigenvalue weighted by molar-refractivity contribution is 5.73. The molecule has 1 rings (SSSR count). The van der Waals surface area contributed by atoms with E-state index in [-0.39, 0.29) is 0 Å². The molecular formula is C6H11NO6. The highest BCUT2D eigenvalue weighted by Gasteiger charge is 2.45. The van der Waals surface area contributed by atoms with Gasteiger partial charge in [-0.25, -0.2) is 4.79 Å². The van der Waals surface area contributed by atoms with Gasteiger partial charge in [0.25, 0.3) is 0 Å². The van der Waals surface area contributed by atoms with Gasteiger partial charge in [0.05, 0.1) is 0 Å². The molecule has 0 aliphatic carbocycles. The van der Waals surface area contributed by atoms with Crippen molar-refractivity contribution in [3.8, 4) is 0 Å². The molecule has 0 aromatic carbocycles. The third-order valence-electron chi connectivity index (χ3n) is 1.89. The molecule has 0 unspecified atom stereocenters. The molecule has 13 heavy (non-hydrogen) atoms. The minimum atomic E-state index is -1.67. The third kappa shape index (κ3) is 1.79. The van der Waals surface area contributed by atoms with Crippen LogP contribution in [0.1, 0.15) is 0 Å². The number of hydrogen-bond acceptors (Lipinski definition) is 6. The van der Waals surface area contributed by atoms with Crippen molar-refractivity contribution < 1.29 is 30.0 Å². The standard InChI is InChI=1S/C6H11NO6/c7-5-3(10)1(8)2(9)4(13-5)6(11)12/h1-5,8-10H,7H2,(H,11,12)/t1-,2-,3+,4-,5+/m0/s1. The second kappa shape index (κ2) is 3.56. The van der Waals surface area contributed by atoms with Crippen LogP contribution in [0.3, 0.4) is 0 Å². The summed E-state index contributed by atoms with van der Waals surface area (Å²) in [6.07, 6.45) is -7.67. The Labute approximate surface area is 73.4 Å². The predicted octanol–water partition coefficient (Wildman–Crippen LogP) is -3.16. The smallest absolute Gasteiger partial charge is 0.335 e. The third-order valence-corrected chi connectivity index (χ3v) is 1.89. The number of hydrogen-bond donors (Lipinski definition) is 5. The normalized spacial score (nSPS) is 46.0. The molecular weight excluding hydrogens is 182 g/mol. The van der Waals surface area contributed by atoms with E-state index in [2.05, 4.69) is 4.74 Å². The molecule has 7 heteroatoms. The van der Waals surface area contributed by atoms with Gasteiger partial charge in [-0.3, -0.25) is 0 Å². The highest BCUT2D eigenvalue weighted by Crippen LogP contribution is 2.18. The van der Waals surface area contributed by atoms with Crippen LogP contribution in [0.2, 0.25) is 0 Å². The Morgan fingerprint density at radius 1 is 1.15 bits per heavy atom. The molecule has 7 nitrogen and oxygen atoms in total. The fourth-order valence-electron chi connectivity index (χ4n) is 1.11. The van der Waals surface area contributed by atoms with Crippen LogP contribution in [0.25, 0.3) is 0 Å². The van der Waals surface area contributed by atoms with Gasteiger partial charge in [0.2, 0.25) is 0 Å². The summed E-state index contributed by atoms with van der Waals surface area (Å²) in [5, 5.41) is 35.8. The fourth-order valence-corrected chi connectivity index (χ4v) is 1.11. The van der Waals surface area contributed by atoms with Gasteiger partial charge in [-0.2, -0.15) is 0 Å². The first kappa shape index (κ1) is 10.4. The van der Waals surface area contributed by atoms with E-state index in [1.54, 1.807) is 0 Å². The van der Waals surface area contributed by atoms with Gasteiger partial charge in [-0.1, -0.05) is 0 Å². The average molecular weight is 193 g/mol. The summed E-state index contributed by atoms with van der Waals surface area (Å²) >= 11 is 0. The Hall–Kier alpha value is -0.730. The van der Waals surface area contributed by atoms with Crippen molar-refractivity contribution in [1.82, 2.24) is 0 Å². The topological polar surface area (TPSA) is 133 Å². The van der Waals surface area contributed by atoms with Gasteiger partial charge in [-0.05, 0) is 0 Å². The van der Waals surface area contributed by atoms with Crippen LogP contribution in [0.4, 0.5) is 0 Å². The minimum Gasteiger partial charge on any atom is -0.479 e. The summed E-state index contributed by atoms with van der Waals surface area (Å²) in [5.74, 6) is -1.44. The molecule has 76 valence electrons. The summed E-state index contributed by atoms with van der Waals surface area (Å²) in [6.45, 7) is 0. The van der Waals surface area contributed by atoms with Crippen molar-refractivity contribution in [2.75, 3.05) is 0 Å². The molecule has 1 saturated heterocycles. The van der Waals surface area contributed by atoms with E-state index in [0.717, 1.165) is 0 Å². The lowest BCUT2D eigenvalue weighted by Gasteiger charge is -2.36. The van der Waals surface area contributed by atoms with Crippen molar-refractivity contribution in [2.24, 2.45) is 5.73 Å². The summed E-state index contributed by atoms with van der Waals surface area (Å²) in [6, 6.07) is 0. The highest BCUT2D eigenvalue weighted by atomic mass is 16.6. The van der Waals surface area contributed by atoms with E-state index in [4.69, 9.17) is 26.2 Å². The van der Waals surface area contributed by atoms with Crippen LogP contribution in [0, 0.1) is 0 Å². The van der Waals surface area contributed by atoms with Gasteiger partial charge in [-0.15, -0.1) is 0 Å². The van der Waals surface area contributed by atoms with Crippen LogP contribution in [0.15, 0.2) is 0 Å². The fraction of sp³-hybridized carbons (Fsp3) is 0.833. The van der Waals surface area contributed by atoms with Crippen LogP contribution in [0.5, 0.6) is 0 Å². The quantitative estimate of drug-likeness (QED) is 0.296. The van der Waals surface area contributed by atoms with Gasteiger partial charge >= 0.3 is 5.97 Å². The van der Waals surface area contributed by atoms with E-state index in [1.165, 1.54) is 0 Å². The Balaban J connectivity index is 2.76. The molecule has 1 aliphatic heterocycles. The molecule has 0 radical (unpaired) electrons. The minimum absolute atomic E-state index is 1.31. The van der Waals surface area contributed by atoms with E-state index in [9.17, 15) is 4.79 Å². The first-order chi connectivity index (χ1) is 5.95. The first-order valence-corrected chi connectivity index (χ1v) is 3.63. The lowest BCUT2D eigenvalue weighted by Crippen LogP contribution is -2.62. The van der Waals surface area contributed by atoms with Crippen LogP contribution >= 0.6 is 0 Å². The Kier molecular flexibility index (Phi) is 2.84. The van der Waals surface area contributed by atoms with Crippen LogP contribution in [-0.2, 0) is 9.53 Å². The first-order valence-electron chi connectivity index (χ1n) is 3.63. The molecule has 0 amide bonds. The summed E-state index contributed by atoms with van der Waals surface area (Å²) in [5.41, 5.74) is 5.15. The summed E-state index contributed by atoms with van der Waals surface area (Å²) < 4.78 is 4.56. The van der Waals surface area contributed by atoms with Gasteiger partial charge in [0.1, 0.15) is 24.5 Å². The lowest BCUT2D eigenvalue weighted by atomic mass is 9.98. The molecule has 0 aromatic rings. The number of aliphatic hydroxyl groups is 3. The zero-order valence-corrected chi connectivity index (χ0v) is 6.57. The van der Waals surface area contributed by atoms with E-state index < -0.39 is 36.6 Å². The second-order valence-electron chi connectivity index (χ2n) is 2.83. The van der Waals surface area contributed by atoms with Gasteiger partial charge in [0, 0.05) is 0 Å². The SMILES string of the molecule is N[C@@H]1O[C@H](C(=O)O)[C@@H](O)[C@H](O)[C@H]1O.